The number of hydrazone groups is 2. The molecule has 2 amide bonds. The van der Waals surface area contributed by atoms with Gasteiger partial charge in [-0.15, -0.1) is 0 Å². The molecule has 2 N–H and O–H groups in total. The van der Waals surface area contributed by atoms with E-state index < -0.39 is 11.8 Å². The number of carbonyl (C=O) groups excluding carboxylic acids is 2. The first-order valence-electron chi connectivity index (χ1n) is 7.85. The Morgan fingerprint density at radius 2 is 1.04 bits per heavy atom. The number of hydrogen-bond acceptors (Lipinski definition) is 4. The van der Waals surface area contributed by atoms with Crippen LogP contribution >= 0.6 is 0 Å². The molecule has 0 fully saturated rings. The zero-order chi connectivity index (χ0) is 18.5. The predicted octanol–water partition coefficient (Wildman–Crippen LogP) is 2.62. The van der Waals surface area contributed by atoms with Gasteiger partial charge in [0.25, 0.3) is 0 Å². The smallest absolute Gasteiger partial charge is 0.262 e. The first-order valence-corrected chi connectivity index (χ1v) is 7.85. The lowest BCUT2D eigenvalue weighted by molar-refractivity contribution is -0.139. The zero-order valence-corrected chi connectivity index (χ0v) is 13.9. The number of benzene rings is 2. The molecule has 2 rings (SSSR count). The summed E-state index contributed by atoms with van der Waals surface area (Å²) in [5.41, 5.74) is 6.22. The van der Waals surface area contributed by atoms with Crippen LogP contribution in [0.25, 0.3) is 12.2 Å². The number of amides is 2. The zero-order valence-electron chi connectivity index (χ0n) is 13.9. The van der Waals surface area contributed by atoms with E-state index in [1.807, 2.05) is 72.8 Å². The van der Waals surface area contributed by atoms with E-state index in [0.717, 1.165) is 11.1 Å². The standard InChI is InChI=1S/C20H18N4O2/c25-19(23-21-15-7-13-17-9-3-1-4-10-17)20(26)24-22-16-8-14-18-11-5-2-6-12-18/h1-16H,(H,23,25)(H,24,26)/b13-7-,14-8+,21-15+,22-16-. The highest BCUT2D eigenvalue weighted by atomic mass is 16.2. The van der Waals surface area contributed by atoms with Crippen LogP contribution in [-0.4, -0.2) is 24.2 Å². The van der Waals surface area contributed by atoms with Crippen LogP contribution in [0.4, 0.5) is 0 Å². The second kappa shape index (κ2) is 10.9. The third kappa shape index (κ3) is 7.18. The Hall–Kier alpha value is -3.80. The highest BCUT2D eigenvalue weighted by Gasteiger charge is 2.10. The van der Waals surface area contributed by atoms with E-state index in [1.54, 1.807) is 12.2 Å². The molecule has 0 saturated heterocycles. The van der Waals surface area contributed by atoms with Crippen LogP contribution in [0.5, 0.6) is 0 Å². The average Bonchev–Trinajstić information content (AvgIpc) is 2.68. The molecule has 0 aromatic heterocycles. The third-order valence-corrected chi connectivity index (χ3v) is 3.04. The van der Waals surface area contributed by atoms with Gasteiger partial charge in [-0.1, -0.05) is 72.8 Å². The van der Waals surface area contributed by atoms with Crippen molar-refractivity contribution in [3.05, 3.63) is 83.9 Å². The molecule has 0 bridgehead atoms. The Morgan fingerprint density at radius 1 is 0.654 bits per heavy atom. The van der Waals surface area contributed by atoms with Gasteiger partial charge in [-0.3, -0.25) is 9.59 Å². The van der Waals surface area contributed by atoms with Crippen LogP contribution in [0.1, 0.15) is 11.1 Å². The topological polar surface area (TPSA) is 82.9 Å². The molecule has 0 aliphatic carbocycles. The van der Waals surface area contributed by atoms with Crippen molar-refractivity contribution in [1.29, 1.82) is 0 Å². The summed E-state index contributed by atoms with van der Waals surface area (Å²) in [6.07, 6.45) is 9.70. The molecule has 130 valence electrons. The van der Waals surface area contributed by atoms with Gasteiger partial charge in [-0.25, -0.2) is 10.9 Å². The Kier molecular flexibility index (Phi) is 7.76. The summed E-state index contributed by atoms with van der Waals surface area (Å²) in [5.74, 6) is -1.81. The molecule has 6 nitrogen and oxygen atoms in total. The van der Waals surface area contributed by atoms with E-state index in [2.05, 4.69) is 21.1 Å². The minimum atomic E-state index is -0.904. The summed E-state index contributed by atoms with van der Waals surface area (Å²) >= 11 is 0. The van der Waals surface area contributed by atoms with Crippen molar-refractivity contribution >= 4 is 36.4 Å². The second-order valence-electron chi connectivity index (χ2n) is 4.98. The Balaban J connectivity index is 1.69. The van der Waals surface area contributed by atoms with Gasteiger partial charge >= 0.3 is 11.8 Å². The van der Waals surface area contributed by atoms with E-state index in [-0.39, 0.29) is 0 Å². The molecule has 0 saturated carbocycles. The van der Waals surface area contributed by atoms with Gasteiger partial charge in [0.15, 0.2) is 0 Å². The van der Waals surface area contributed by atoms with Gasteiger partial charge in [0.05, 0.1) is 0 Å². The van der Waals surface area contributed by atoms with Crippen molar-refractivity contribution in [3.8, 4) is 0 Å². The van der Waals surface area contributed by atoms with Crippen LogP contribution in [0.15, 0.2) is 83.0 Å². The number of carbonyl (C=O) groups is 2. The maximum absolute atomic E-state index is 11.5. The summed E-state index contributed by atoms with van der Waals surface area (Å²) < 4.78 is 0. The minimum Gasteiger partial charge on any atom is -0.262 e. The molecule has 2 aromatic carbocycles. The predicted molar refractivity (Wildman–Crippen MR) is 104 cm³/mol. The molecule has 0 aliphatic heterocycles. The fourth-order valence-corrected chi connectivity index (χ4v) is 1.82. The first-order chi connectivity index (χ1) is 12.8. The van der Waals surface area contributed by atoms with Gasteiger partial charge in [-0.05, 0) is 23.3 Å². The molecule has 0 unspecified atom stereocenters. The Bertz CT molecular complexity index is 754. The van der Waals surface area contributed by atoms with E-state index in [9.17, 15) is 9.59 Å². The molecular weight excluding hydrogens is 328 g/mol. The van der Waals surface area contributed by atoms with E-state index in [4.69, 9.17) is 0 Å². The normalized spacial score (nSPS) is 11.5. The summed E-state index contributed by atoms with van der Waals surface area (Å²) in [4.78, 5) is 23.0. The summed E-state index contributed by atoms with van der Waals surface area (Å²) in [6.45, 7) is 0. The van der Waals surface area contributed by atoms with Crippen molar-refractivity contribution in [1.82, 2.24) is 10.9 Å². The number of rotatable bonds is 6. The summed E-state index contributed by atoms with van der Waals surface area (Å²) in [7, 11) is 0. The second-order valence-corrected chi connectivity index (χ2v) is 4.98. The number of allylic oxidation sites excluding steroid dienone is 2. The molecule has 0 atom stereocenters. The fraction of sp³-hybridized carbons (Fsp3) is 0. The molecule has 0 radical (unpaired) electrons. The van der Waals surface area contributed by atoms with Gasteiger partial charge in [0.1, 0.15) is 0 Å². The first kappa shape index (κ1) is 18.5. The van der Waals surface area contributed by atoms with E-state index >= 15 is 0 Å². The van der Waals surface area contributed by atoms with Gasteiger partial charge in [0, 0.05) is 12.4 Å². The van der Waals surface area contributed by atoms with Crippen molar-refractivity contribution in [3.63, 3.8) is 0 Å². The molecule has 26 heavy (non-hydrogen) atoms. The van der Waals surface area contributed by atoms with Crippen molar-refractivity contribution in [2.45, 2.75) is 0 Å². The molecule has 0 spiro atoms. The third-order valence-electron chi connectivity index (χ3n) is 3.04. The molecule has 2 aromatic rings. The van der Waals surface area contributed by atoms with Crippen LogP contribution in [0, 0.1) is 0 Å². The largest absolute Gasteiger partial charge is 0.331 e. The minimum absolute atomic E-state index is 0.904. The number of hydrogen-bond donors (Lipinski definition) is 2. The van der Waals surface area contributed by atoms with Crippen LogP contribution in [0.3, 0.4) is 0 Å². The number of nitrogens with zero attached hydrogens (tertiary/aromatic N) is 2. The van der Waals surface area contributed by atoms with Crippen molar-refractivity contribution < 1.29 is 9.59 Å². The lowest BCUT2D eigenvalue weighted by atomic mass is 10.2. The summed E-state index contributed by atoms with van der Waals surface area (Å²) in [6, 6.07) is 19.2. The molecule has 0 heterocycles. The van der Waals surface area contributed by atoms with E-state index in [1.165, 1.54) is 12.4 Å². The fourth-order valence-electron chi connectivity index (χ4n) is 1.82. The van der Waals surface area contributed by atoms with E-state index in [0.29, 0.717) is 0 Å². The summed E-state index contributed by atoms with van der Waals surface area (Å²) in [5, 5.41) is 7.31. The Labute approximate surface area is 151 Å². The van der Waals surface area contributed by atoms with Gasteiger partial charge in [0.2, 0.25) is 0 Å². The van der Waals surface area contributed by atoms with Crippen LogP contribution in [0.2, 0.25) is 0 Å². The SMILES string of the molecule is O=C(N/N=C\C=C\c1ccccc1)C(=O)N/N=C/C=C\c1ccccc1. The highest BCUT2D eigenvalue weighted by Crippen LogP contribution is 2.00. The van der Waals surface area contributed by atoms with Crippen molar-refractivity contribution in [2.75, 3.05) is 0 Å². The number of nitrogens with one attached hydrogen (secondary N) is 2. The maximum Gasteiger partial charge on any atom is 0.331 e. The maximum atomic E-state index is 11.5. The molecule has 0 aliphatic rings. The van der Waals surface area contributed by atoms with Crippen molar-refractivity contribution in [2.24, 2.45) is 10.2 Å². The lowest BCUT2D eigenvalue weighted by Crippen LogP contribution is -2.35. The van der Waals surface area contributed by atoms with Crippen LogP contribution < -0.4 is 10.9 Å². The molecule has 6 heteroatoms. The lowest BCUT2D eigenvalue weighted by Gasteiger charge is -1.96. The quantitative estimate of drug-likeness (QED) is 0.479. The average molecular weight is 346 g/mol. The van der Waals surface area contributed by atoms with Crippen LogP contribution in [-0.2, 0) is 9.59 Å². The highest BCUT2D eigenvalue weighted by molar-refractivity contribution is 6.35. The Morgan fingerprint density at radius 3 is 1.42 bits per heavy atom. The monoisotopic (exact) mass is 346 g/mol. The molecular formula is C20H18N4O2. The van der Waals surface area contributed by atoms with Gasteiger partial charge in [-0.2, -0.15) is 10.2 Å². The van der Waals surface area contributed by atoms with Gasteiger partial charge < -0.3 is 0 Å².